The number of ether oxygens (including phenoxy) is 1. The Balaban J connectivity index is 1.96. The first-order chi connectivity index (χ1) is 14.5. The predicted octanol–water partition coefficient (Wildman–Crippen LogP) is 4.21. The van der Waals surface area contributed by atoms with Crippen molar-refractivity contribution in [2.24, 2.45) is 4.99 Å². The summed E-state index contributed by atoms with van der Waals surface area (Å²) >= 11 is 5.24. The Bertz CT molecular complexity index is 1140. The number of nitrogens with one attached hydrogen (secondary N) is 1. The van der Waals surface area contributed by atoms with Gasteiger partial charge in [-0.05, 0) is 74.6 Å². The van der Waals surface area contributed by atoms with Crippen LogP contribution in [0.2, 0.25) is 0 Å². The lowest BCUT2D eigenvalue weighted by Crippen LogP contribution is -2.21. The molecule has 0 saturated heterocycles. The number of anilines is 1. The number of hydrogen-bond donors (Lipinski definition) is 2. The molecule has 0 saturated carbocycles. The van der Waals surface area contributed by atoms with Crippen LogP contribution < -0.4 is 15.2 Å². The van der Waals surface area contributed by atoms with Gasteiger partial charge in [-0.3, -0.25) is 19.3 Å². The van der Waals surface area contributed by atoms with Gasteiger partial charge in [-0.1, -0.05) is 0 Å². The van der Waals surface area contributed by atoms with Gasteiger partial charge in [0.05, 0.1) is 18.5 Å². The molecule has 0 aliphatic carbocycles. The van der Waals surface area contributed by atoms with Gasteiger partial charge in [-0.25, -0.2) is 0 Å². The van der Waals surface area contributed by atoms with E-state index in [0.717, 1.165) is 18.8 Å². The molecular formula is C22H24N4O3S. The number of H-pyrrole nitrogens is 1. The lowest BCUT2D eigenvalue weighted by Gasteiger charge is -2.20. The van der Waals surface area contributed by atoms with Crippen molar-refractivity contribution in [3.63, 3.8) is 0 Å². The Morgan fingerprint density at radius 1 is 1.13 bits per heavy atom. The fraction of sp³-hybridized carbons (Fsp3) is 0.227. The minimum atomic E-state index is -0.509. The van der Waals surface area contributed by atoms with E-state index in [1.54, 1.807) is 31.4 Å². The zero-order valence-corrected chi connectivity index (χ0v) is 17.9. The van der Waals surface area contributed by atoms with E-state index in [1.165, 1.54) is 10.8 Å². The van der Waals surface area contributed by atoms with Crippen molar-refractivity contribution in [3.8, 4) is 17.3 Å². The van der Waals surface area contributed by atoms with Crippen LogP contribution in [0.15, 0.2) is 58.3 Å². The monoisotopic (exact) mass is 424 g/mol. The molecule has 1 aromatic heterocycles. The third-order valence-corrected chi connectivity index (χ3v) is 5.06. The second-order valence-electron chi connectivity index (χ2n) is 6.48. The number of hydrogen-bond acceptors (Lipinski definition) is 6. The fourth-order valence-corrected chi connectivity index (χ4v) is 3.39. The van der Waals surface area contributed by atoms with Crippen molar-refractivity contribution >= 4 is 29.8 Å². The maximum absolute atomic E-state index is 12.4. The number of nitrogens with zero attached hydrogens (tertiary/aromatic N) is 3. The van der Waals surface area contributed by atoms with Gasteiger partial charge in [0, 0.05) is 25.0 Å². The van der Waals surface area contributed by atoms with E-state index in [0.29, 0.717) is 17.1 Å². The minimum absolute atomic E-state index is 0.0206. The highest BCUT2D eigenvalue weighted by Crippen LogP contribution is 2.23. The van der Waals surface area contributed by atoms with Gasteiger partial charge < -0.3 is 14.7 Å². The van der Waals surface area contributed by atoms with Crippen LogP contribution >= 0.6 is 12.2 Å². The standard InChI is InChI=1S/C22H24N4O3S/c1-4-25(5-2)16-8-6-15(7-9-16)23-14-19-20(27)24-22(30)26(21(19)28)17-10-12-18(29-3)13-11-17/h6-14,28H,4-5H2,1-3H3,(H,24,27,30). The zero-order valence-electron chi connectivity index (χ0n) is 17.1. The zero-order chi connectivity index (χ0) is 21.7. The van der Waals surface area contributed by atoms with Crippen LogP contribution in [-0.2, 0) is 0 Å². The normalized spacial score (nSPS) is 11.0. The molecule has 7 nitrogen and oxygen atoms in total. The smallest absolute Gasteiger partial charge is 0.264 e. The largest absolute Gasteiger partial charge is 0.497 e. The maximum Gasteiger partial charge on any atom is 0.264 e. The number of methoxy groups -OCH3 is 1. The number of aromatic nitrogens is 2. The maximum atomic E-state index is 12.4. The van der Waals surface area contributed by atoms with Crippen LogP contribution in [0.1, 0.15) is 19.4 Å². The van der Waals surface area contributed by atoms with Crippen LogP contribution in [0, 0.1) is 4.77 Å². The van der Waals surface area contributed by atoms with Crippen LogP contribution in [-0.4, -0.2) is 41.1 Å². The lowest BCUT2D eigenvalue weighted by molar-refractivity contribution is 0.414. The van der Waals surface area contributed by atoms with Gasteiger partial charge >= 0.3 is 0 Å². The summed E-state index contributed by atoms with van der Waals surface area (Å²) in [4.78, 5) is 21.5. The Hall–Kier alpha value is -3.39. The Labute approximate surface area is 179 Å². The summed E-state index contributed by atoms with van der Waals surface area (Å²) in [6.07, 6.45) is 1.34. The molecule has 8 heteroatoms. The molecule has 0 unspecified atom stereocenters. The average Bonchev–Trinajstić information content (AvgIpc) is 2.75. The van der Waals surface area contributed by atoms with E-state index in [1.807, 2.05) is 24.3 Å². The average molecular weight is 425 g/mol. The Morgan fingerprint density at radius 2 is 1.77 bits per heavy atom. The van der Waals surface area contributed by atoms with Crippen LogP contribution in [0.4, 0.5) is 11.4 Å². The number of benzene rings is 2. The third kappa shape index (κ3) is 4.44. The van der Waals surface area contributed by atoms with Gasteiger partial charge in [0.1, 0.15) is 11.3 Å². The fourth-order valence-electron chi connectivity index (χ4n) is 3.10. The summed E-state index contributed by atoms with van der Waals surface area (Å²) in [5.74, 6) is 0.390. The van der Waals surface area contributed by atoms with E-state index in [2.05, 4.69) is 28.7 Å². The van der Waals surface area contributed by atoms with Crippen molar-refractivity contribution in [2.45, 2.75) is 13.8 Å². The van der Waals surface area contributed by atoms with Crippen molar-refractivity contribution in [1.82, 2.24) is 9.55 Å². The summed E-state index contributed by atoms with van der Waals surface area (Å²) in [6, 6.07) is 14.7. The lowest BCUT2D eigenvalue weighted by atomic mass is 10.2. The van der Waals surface area contributed by atoms with Gasteiger partial charge in [-0.2, -0.15) is 0 Å². The summed E-state index contributed by atoms with van der Waals surface area (Å²) in [7, 11) is 1.57. The molecule has 30 heavy (non-hydrogen) atoms. The van der Waals surface area contributed by atoms with E-state index >= 15 is 0 Å². The van der Waals surface area contributed by atoms with Gasteiger partial charge in [0.15, 0.2) is 4.77 Å². The molecular weight excluding hydrogens is 400 g/mol. The molecule has 0 aliphatic heterocycles. The number of aromatic hydroxyl groups is 1. The van der Waals surface area contributed by atoms with Gasteiger partial charge in [0.25, 0.3) is 5.56 Å². The molecule has 0 amide bonds. The Kier molecular flexibility index (Phi) is 6.68. The topological polar surface area (TPSA) is 82.8 Å². The molecule has 3 aromatic rings. The second-order valence-corrected chi connectivity index (χ2v) is 6.86. The summed E-state index contributed by atoms with van der Waals surface area (Å²) < 4.78 is 6.62. The minimum Gasteiger partial charge on any atom is -0.497 e. The predicted molar refractivity (Wildman–Crippen MR) is 123 cm³/mol. The molecule has 0 bridgehead atoms. The summed E-state index contributed by atoms with van der Waals surface area (Å²) in [5, 5.41) is 10.7. The summed E-state index contributed by atoms with van der Waals surface area (Å²) in [6.45, 7) is 6.04. The molecule has 2 aromatic carbocycles. The Morgan fingerprint density at radius 3 is 2.33 bits per heavy atom. The van der Waals surface area contributed by atoms with Crippen LogP contribution in [0.25, 0.3) is 5.69 Å². The van der Waals surface area contributed by atoms with Crippen LogP contribution in [0.3, 0.4) is 0 Å². The molecule has 3 rings (SSSR count). The van der Waals surface area contributed by atoms with Gasteiger partial charge in [-0.15, -0.1) is 0 Å². The molecule has 0 aliphatic rings. The highest BCUT2D eigenvalue weighted by atomic mass is 32.1. The van der Waals surface area contributed by atoms with Crippen molar-refractivity contribution in [2.75, 3.05) is 25.1 Å². The quantitative estimate of drug-likeness (QED) is 0.439. The first-order valence-corrected chi connectivity index (χ1v) is 10.0. The number of aliphatic imine (C=N–C) groups is 1. The van der Waals surface area contributed by atoms with Gasteiger partial charge in [0.2, 0.25) is 5.88 Å². The SMILES string of the molecule is CCN(CC)c1ccc(N=Cc2c(O)n(-c3ccc(OC)cc3)c(=S)[nH]c2=O)cc1. The first kappa shape index (κ1) is 21.3. The molecule has 0 radical (unpaired) electrons. The molecule has 0 spiro atoms. The summed E-state index contributed by atoms with van der Waals surface area (Å²) in [5.41, 5.74) is 1.88. The van der Waals surface area contributed by atoms with Crippen molar-refractivity contribution < 1.29 is 9.84 Å². The van der Waals surface area contributed by atoms with Crippen molar-refractivity contribution in [1.29, 1.82) is 0 Å². The molecule has 0 fully saturated rings. The number of aromatic amines is 1. The molecule has 2 N–H and O–H groups in total. The highest BCUT2D eigenvalue weighted by molar-refractivity contribution is 7.71. The molecule has 156 valence electrons. The first-order valence-electron chi connectivity index (χ1n) is 9.60. The van der Waals surface area contributed by atoms with E-state index in [4.69, 9.17) is 17.0 Å². The second kappa shape index (κ2) is 9.41. The highest BCUT2D eigenvalue weighted by Gasteiger charge is 2.13. The van der Waals surface area contributed by atoms with Crippen LogP contribution in [0.5, 0.6) is 11.6 Å². The molecule has 0 atom stereocenters. The number of rotatable bonds is 7. The molecule has 1 heterocycles. The van der Waals surface area contributed by atoms with E-state index in [-0.39, 0.29) is 16.2 Å². The van der Waals surface area contributed by atoms with E-state index in [9.17, 15) is 9.90 Å². The van der Waals surface area contributed by atoms with E-state index < -0.39 is 5.56 Å². The third-order valence-electron chi connectivity index (χ3n) is 4.77. The van der Waals surface area contributed by atoms with Crippen molar-refractivity contribution in [3.05, 3.63) is 69.2 Å².